The van der Waals surface area contributed by atoms with Crippen molar-refractivity contribution >= 4 is 5.82 Å². The van der Waals surface area contributed by atoms with Crippen LogP contribution in [0.2, 0.25) is 0 Å². The van der Waals surface area contributed by atoms with E-state index in [1.807, 2.05) is 43.3 Å². The van der Waals surface area contributed by atoms with Gasteiger partial charge in [-0.05, 0) is 20.8 Å². The molecule has 1 aromatic carbocycles. The minimum atomic E-state index is 0.362. The Bertz CT molecular complexity index is 794. The van der Waals surface area contributed by atoms with Crippen LogP contribution in [0.3, 0.4) is 0 Å². The topological polar surface area (TPSA) is 68.5 Å². The second-order valence-corrected chi connectivity index (χ2v) is 6.01. The average molecular weight is 322 g/mol. The van der Waals surface area contributed by atoms with E-state index in [0.717, 1.165) is 41.7 Å². The first-order valence-electron chi connectivity index (χ1n) is 8.17. The molecule has 0 fully saturated rings. The van der Waals surface area contributed by atoms with E-state index in [-0.39, 0.29) is 0 Å². The summed E-state index contributed by atoms with van der Waals surface area (Å²) in [4.78, 5) is 9.14. The van der Waals surface area contributed by atoms with E-state index in [4.69, 9.17) is 0 Å². The summed E-state index contributed by atoms with van der Waals surface area (Å²) in [5.74, 6) is 2.55. The zero-order valence-electron chi connectivity index (χ0n) is 14.3. The van der Waals surface area contributed by atoms with Crippen molar-refractivity contribution in [1.29, 1.82) is 0 Å². The standard InChI is InChI=1S/C18H22N6/c1-13(2)24-12-20-23-17(24)9-10-19-16-11-14(3)21-18(22-16)15-7-5-4-6-8-15/h4-8,11-13H,9-10H2,1-3H3,(H,19,21,22). The molecule has 0 aliphatic heterocycles. The fourth-order valence-electron chi connectivity index (χ4n) is 2.55. The first kappa shape index (κ1) is 16.1. The molecule has 0 spiro atoms. The summed E-state index contributed by atoms with van der Waals surface area (Å²) in [5.41, 5.74) is 1.96. The van der Waals surface area contributed by atoms with Gasteiger partial charge in [-0.2, -0.15) is 0 Å². The molecular weight excluding hydrogens is 300 g/mol. The van der Waals surface area contributed by atoms with Crippen LogP contribution >= 0.6 is 0 Å². The van der Waals surface area contributed by atoms with Gasteiger partial charge >= 0.3 is 0 Å². The lowest BCUT2D eigenvalue weighted by atomic mass is 10.2. The molecule has 6 nitrogen and oxygen atoms in total. The van der Waals surface area contributed by atoms with Gasteiger partial charge in [-0.25, -0.2) is 9.97 Å². The Morgan fingerprint density at radius 2 is 1.92 bits per heavy atom. The van der Waals surface area contributed by atoms with Gasteiger partial charge in [-0.1, -0.05) is 30.3 Å². The average Bonchev–Trinajstić information content (AvgIpc) is 3.04. The zero-order valence-corrected chi connectivity index (χ0v) is 14.3. The number of nitrogens with one attached hydrogen (secondary N) is 1. The molecule has 2 aromatic heterocycles. The number of hydrogen-bond donors (Lipinski definition) is 1. The van der Waals surface area contributed by atoms with Gasteiger partial charge in [0.1, 0.15) is 18.0 Å². The summed E-state index contributed by atoms with van der Waals surface area (Å²) >= 11 is 0. The Labute approximate surface area is 142 Å². The summed E-state index contributed by atoms with van der Waals surface area (Å²) in [6.07, 6.45) is 2.57. The van der Waals surface area contributed by atoms with Crippen molar-refractivity contribution < 1.29 is 0 Å². The summed E-state index contributed by atoms with van der Waals surface area (Å²) in [6.45, 7) is 6.98. The number of benzene rings is 1. The molecule has 3 rings (SSSR count). The number of hydrogen-bond acceptors (Lipinski definition) is 5. The van der Waals surface area contributed by atoms with E-state index >= 15 is 0 Å². The number of aromatic nitrogens is 5. The second kappa shape index (κ2) is 7.21. The van der Waals surface area contributed by atoms with Gasteiger partial charge in [0, 0.05) is 36.3 Å². The van der Waals surface area contributed by atoms with Crippen molar-refractivity contribution in [3.05, 3.63) is 54.2 Å². The number of aryl methyl sites for hydroxylation is 1. The Hall–Kier alpha value is -2.76. The van der Waals surface area contributed by atoms with E-state index in [0.29, 0.717) is 6.04 Å². The summed E-state index contributed by atoms with van der Waals surface area (Å²) in [5, 5.41) is 11.6. The molecule has 1 N–H and O–H groups in total. The van der Waals surface area contributed by atoms with Crippen molar-refractivity contribution in [2.75, 3.05) is 11.9 Å². The predicted molar refractivity (Wildman–Crippen MR) is 94.8 cm³/mol. The Kier molecular flexibility index (Phi) is 4.84. The van der Waals surface area contributed by atoms with Crippen LogP contribution in [0.15, 0.2) is 42.7 Å². The fraction of sp³-hybridized carbons (Fsp3) is 0.333. The van der Waals surface area contributed by atoms with Crippen molar-refractivity contribution in [2.45, 2.75) is 33.2 Å². The predicted octanol–water partition coefficient (Wildman–Crippen LogP) is 3.28. The van der Waals surface area contributed by atoms with Crippen LogP contribution in [-0.4, -0.2) is 31.3 Å². The molecule has 2 heterocycles. The van der Waals surface area contributed by atoms with Crippen molar-refractivity contribution in [3.63, 3.8) is 0 Å². The highest BCUT2D eigenvalue weighted by Gasteiger charge is 2.08. The smallest absolute Gasteiger partial charge is 0.161 e. The molecule has 0 aliphatic rings. The van der Waals surface area contributed by atoms with E-state index in [2.05, 4.69) is 43.9 Å². The lowest BCUT2D eigenvalue weighted by molar-refractivity contribution is 0.568. The highest BCUT2D eigenvalue weighted by atomic mass is 15.3. The summed E-state index contributed by atoms with van der Waals surface area (Å²) in [6, 6.07) is 12.3. The maximum atomic E-state index is 4.62. The van der Waals surface area contributed by atoms with E-state index in [1.165, 1.54) is 0 Å². The first-order valence-corrected chi connectivity index (χ1v) is 8.17. The molecule has 0 bridgehead atoms. The molecule has 0 saturated heterocycles. The Balaban J connectivity index is 1.69. The van der Waals surface area contributed by atoms with Gasteiger partial charge in [0.25, 0.3) is 0 Å². The third-order valence-corrected chi connectivity index (χ3v) is 3.74. The van der Waals surface area contributed by atoms with Crippen molar-refractivity contribution in [1.82, 2.24) is 24.7 Å². The molecular formula is C18H22N6. The van der Waals surface area contributed by atoms with Gasteiger partial charge in [0.2, 0.25) is 0 Å². The zero-order chi connectivity index (χ0) is 16.9. The number of nitrogens with zero attached hydrogens (tertiary/aromatic N) is 5. The maximum absolute atomic E-state index is 4.62. The summed E-state index contributed by atoms with van der Waals surface area (Å²) in [7, 11) is 0. The minimum absolute atomic E-state index is 0.362. The third kappa shape index (κ3) is 3.76. The highest BCUT2D eigenvalue weighted by molar-refractivity contribution is 5.57. The molecule has 0 saturated carbocycles. The van der Waals surface area contributed by atoms with E-state index in [1.54, 1.807) is 6.33 Å². The van der Waals surface area contributed by atoms with Crippen LogP contribution in [0, 0.1) is 6.92 Å². The molecule has 0 amide bonds. The van der Waals surface area contributed by atoms with Crippen LogP contribution in [0.25, 0.3) is 11.4 Å². The molecule has 0 unspecified atom stereocenters. The number of rotatable bonds is 6. The minimum Gasteiger partial charge on any atom is -0.369 e. The fourth-order valence-corrected chi connectivity index (χ4v) is 2.55. The van der Waals surface area contributed by atoms with Gasteiger partial charge < -0.3 is 9.88 Å². The van der Waals surface area contributed by atoms with Crippen LogP contribution < -0.4 is 5.32 Å². The van der Waals surface area contributed by atoms with E-state index in [9.17, 15) is 0 Å². The lowest BCUT2D eigenvalue weighted by Gasteiger charge is -2.11. The SMILES string of the molecule is Cc1cc(NCCc2nncn2C(C)C)nc(-c2ccccc2)n1. The van der Waals surface area contributed by atoms with Crippen LogP contribution in [0.5, 0.6) is 0 Å². The van der Waals surface area contributed by atoms with Crippen LogP contribution in [0.4, 0.5) is 5.82 Å². The Morgan fingerprint density at radius 3 is 2.67 bits per heavy atom. The molecule has 124 valence electrons. The van der Waals surface area contributed by atoms with E-state index < -0.39 is 0 Å². The van der Waals surface area contributed by atoms with Crippen molar-refractivity contribution in [3.8, 4) is 11.4 Å². The molecule has 0 aliphatic carbocycles. The first-order chi connectivity index (χ1) is 11.6. The maximum Gasteiger partial charge on any atom is 0.161 e. The Morgan fingerprint density at radius 1 is 1.12 bits per heavy atom. The normalized spacial score (nSPS) is 11.0. The lowest BCUT2D eigenvalue weighted by Crippen LogP contribution is -2.12. The summed E-state index contributed by atoms with van der Waals surface area (Å²) < 4.78 is 2.09. The molecule has 0 radical (unpaired) electrons. The second-order valence-electron chi connectivity index (χ2n) is 6.01. The quantitative estimate of drug-likeness (QED) is 0.754. The highest BCUT2D eigenvalue weighted by Crippen LogP contribution is 2.17. The van der Waals surface area contributed by atoms with Crippen LogP contribution in [-0.2, 0) is 6.42 Å². The van der Waals surface area contributed by atoms with Gasteiger partial charge in [0.05, 0.1) is 0 Å². The molecule has 24 heavy (non-hydrogen) atoms. The van der Waals surface area contributed by atoms with Crippen LogP contribution in [0.1, 0.15) is 31.4 Å². The molecule has 3 aromatic rings. The van der Waals surface area contributed by atoms with Gasteiger partial charge in [0.15, 0.2) is 5.82 Å². The van der Waals surface area contributed by atoms with Crippen molar-refractivity contribution in [2.24, 2.45) is 0 Å². The third-order valence-electron chi connectivity index (χ3n) is 3.74. The molecule has 0 atom stereocenters. The van der Waals surface area contributed by atoms with Gasteiger partial charge in [-0.15, -0.1) is 10.2 Å². The monoisotopic (exact) mass is 322 g/mol. The molecule has 6 heteroatoms. The number of anilines is 1. The van der Waals surface area contributed by atoms with Gasteiger partial charge in [-0.3, -0.25) is 0 Å². The largest absolute Gasteiger partial charge is 0.369 e.